The number of carboxylic acids is 1. The van der Waals surface area contributed by atoms with E-state index in [0.29, 0.717) is 11.5 Å². The van der Waals surface area contributed by atoms with Gasteiger partial charge in [-0.05, 0) is 12.1 Å². The molecule has 1 aliphatic rings. The summed E-state index contributed by atoms with van der Waals surface area (Å²) >= 11 is 0. The second-order valence-corrected chi connectivity index (χ2v) is 4.89. The maximum atomic E-state index is 11.5. The molecule has 1 aromatic carbocycles. The zero-order valence-electron chi connectivity index (χ0n) is 11.4. The van der Waals surface area contributed by atoms with Crippen LogP contribution in [0.2, 0.25) is 0 Å². The van der Waals surface area contributed by atoms with Crippen molar-refractivity contribution in [3.8, 4) is 17.2 Å². The number of para-hydroxylation sites is 2. The second-order valence-electron chi connectivity index (χ2n) is 4.89. The molecule has 1 aromatic heterocycles. The van der Waals surface area contributed by atoms with Gasteiger partial charge in [0.05, 0.1) is 6.54 Å². The number of benzene rings is 1. The first-order chi connectivity index (χ1) is 10.5. The van der Waals surface area contributed by atoms with Crippen LogP contribution in [0.1, 0.15) is 10.4 Å². The molecule has 0 saturated carbocycles. The number of aromatic nitrogens is 1. The van der Waals surface area contributed by atoms with Gasteiger partial charge in [-0.3, -0.25) is 4.79 Å². The topological polar surface area (TPSA) is 98.0 Å². The molecule has 0 amide bonds. The van der Waals surface area contributed by atoms with E-state index in [4.69, 9.17) is 14.6 Å². The van der Waals surface area contributed by atoms with Crippen LogP contribution in [0.3, 0.4) is 0 Å². The van der Waals surface area contributed by atoms with Gasteiger partial charge in [-0.15, -0.1) is 0 Å². The standard InChI is InChI=1S/C15H13NO6/c17-11-7-16(6-10(14(11)18)15(19)20)5-9-8-21-12-3-1-2-4-13(12)22-9/h1-4,6-7,9,17H,5,8H2,(H,19,20). The maximum absolute atomic E-state index is 11.5. The first-order valence-electron chi connectivity index (χ1n) is 6.59. The van der Waals surface area contributed by atoms with E-state index >= 15 is 0 Å². The molecule has 3 rings (SSSR count). The number of ether oxygens (including phenoxy) is 2. The highest BCUT2D eigenvalue weighted by Gasteiger charge is 2.22. The van der Waals surface area contributed by atoms with Crippen molar-refractivity contribution in [2.45, 2.75) is 12.6 Å². The summed E-state index contributed by atoms with van der Waals surface area (Å²) in [6.45, 7) is 0.523. The van der Waals surface area contributed by atoms with Gasteiger partial charge in [-0.2, -0.15) is 0 Å². The minimum Gasteiger partial charge on any atom is -0.503 e. The summed E-state index contributed by atoms with van der Waals surface area (Å²) in [5, 5.41) is 18.5. The highest BCUT2D eigenvalue weighted by Crippen LogP contribution is 2.31. The van der Waals surface area contributed by atoms with E-state index in [2.05, 4.69) is 0 Å². The summed E-state index contributed by atoms with van der Waals surface area (Å²) in [6, 6.07) is 7.21. The summed E-state index contributed by atoms with van der Waals surface area (Å²) < 4.78 is 12.7. The number of fused-ring (bicyclic) bond motifs is 1. The molecule has 0 saturated heterocycles. The lowest BCUT2D eigenvalue weighted by Gasteiger charge is -2.27. The maximum Gasteiger partial charge on any atom is 0.341 e. The molecule has 2 aromatic rings. The quantitative estimate of drug-likeness (QED) is 0.881. The van der Waals surface area contributed by atoms with Crippen molar-refractivity contribution in [3.63, 3.8) is 0 Å². The molecule has 114 valence electrons. The number of hydrogen-bond acceptors (Lipinski definition) is 5. The smallest absolute Gasteiger partial charge is 0.341 e. The Hall–Kier alpha value is -2.96. The van der Waals surface area contributed by atoms with Crippen molar-refractivity contribution < 1.29 is 24.5 Å². The Morgan fingerprint density at radius 1 is 1.27 bits per heavy atom. The molecule has 0 radical (unpaired) electrons. The Morgan fingerprint density at radius 2 is 2.00 bits per heavy atom. The number of nitrogens with zero attached hydrogens (tertiary/aromatic N) is 1. The Bertz CT molecular complexity index is 782. The van der Waals surface area contributed by atoms with Crippen molar-refractivity contribution in [2.24, 2.45) is 0 Å². The van der Waals surface area contributed by atoms with Gasteiger partial charge < -0.3 is 24.3 Å². The largest absolute Gasteiger partial charge is 0.503 e. The Kier molecular flexibility index (Phi) is 3.46. The molecule has 0 fully saturated rings. The molecule has 1 unspecified atom stereocenters. The molecule has 7 heteroatoms. The number of rotatable bonds is 3. The van der Waals surface area contributed by atoms with Gasteiger partial charge in [0.25, 0.3) is 0 Å². The first kappa shape index (κ1) is 14.0. The summed E-state index contributed by atoms with van der Waals surface area (Å²) in [7, 11) is 0. The summed E-state index contributed by atoms with van der Waals surface area (Å²) in [5.41, 5.74) is -1.40. The van der Waals surface area contributed by atoms with Crippen molar-refractivity contribution in [1.29, 1.82) is 0 Å². The van der Waals surface area contributed by atoms with E-state index in [1.54, 1.807) is 12.1 Å². The zero-order chi connectivity index (χ0) is 15.7. The van der Waals surface area contributed by atoms with Crippen LogP contribution < -0.4 is 14.9 Å². The lowest BCUT2D eigenvalue weighted by molar-refractivity contribution is 0.0688. The van der Waals surface area contributed by atoms with E-state index in [0.717, 1.165) is 0 Å². The molecule has 2 heterocycles. The number of aromatic carboxylic acids is 1. The summed E-state index contributed by atoms with van der Waals surface area (Å²) in [6.07, 6.45) is 1.99. The fraction of sp³-hybridized carbons (Fsp3) is 0.200. The van der Waals surface area contributed by atoms with Crippen LogP contribution in [0, 0.1) is 0 Å². The molecular weight excluding hydrogens is 290 g/mol. The molecule has 22 heavy (non-hydrogen) atoms. The molecule has 0 aliphatic carbocycles. The molecule has 0 spiro atoms. The third kappa shape index (κ3) is 2.60. The van der Waals surface area contributed by atoms with Crippen LogP contribution in [0.5, 0.6) is 17.2 Å². The second kappa shape index (κ2) is 5.44. The Labute approximate surface area is 125 Å². The molecule has 0 bridgehead atoms. The lowest BCUT2D eigenvalue weighted by Crippen LogP contribution is -2.33. The van der Waals surface area contributed by atoms with E-state index in [1.165, 1.54) is 17.0 Å². The Balaban J connectivity index is 1.83. The number of carboxylic acid groups (broad SMARTS) is 1. The number of pyridine rings is 1. The zero-order valence-corrected chi connectivity index (χ0v) is 11.4. The van der Waals surface area contributed by atoms with Gasteiger partial charge in [0.1, 0.15) is 12.2 Å². The number of carbonyl (C=O) groups is 1. The predicted molar refractivity (Wildman–Crippen MR) is 75.7 cm³/mol. The van der Waals surface area contributed by atoms with E-state index < -0.39 is 22.7 Å². The van der Waals surface area contributed by atoms with Crippen LogP contribution in [-0.2, 0) is 6.54 Å². The minimum atomic E-state index is -1.39. The molecule has 7 nitrogen and oxygen atoms in total. The fourth-order valence-corrected chi connectivity index (χ4v) is 2.26. The molecular formula is C15H13NO6. The Morgan fingerprint density at radius 3 is 2.73 bits per heavy atom. The van der Waals surface area contributed by atoms with Crippen molar-refractivity contribution in [2.75, 3.05) is 6.61 Å². The predicted octanol–water partition coefficient (Wildman–Crippen LogP) is 1.09. The highest BCUT2D eigenvalue weighted by atomic mass is 16.6. The average molecular weight is 303 g/mol. The van der Waals surface area contributed by atoms with Crippen LogP contribution in [-0.4, -0.2) is 33.5 Å². The molecule has 2 N–H and O–H groups in total. The first-order valence-corrected chi connectivity index (χ1v) is 6.59. The van der Waals surface area contributed by atoms with Crippen molar-refractivity contribution >= 4 is 5.97 Å². The van der Waals surface area contributed by atoms with Gasteiger partial charge >= 0.3 is 5.97 Å². The highest BCUT2D eigenvalue weighted by molar-refractivity contribution is 5.87. The van der Waals surface area contributed by atoms with Crippen LogP contribution >= 0.6 is 0 Å². The van der Waals surface area contributed by atoms with E-state index in [-0.39, 0.29) is 19.3 Å². The van der Waals surface area contributed by atoms with Gasteiger partial charge in [-0.1, -0.05) is 12.1 Å². The number of aromatic hydroxyl groups is 1. The molecule has 1 aliphatic heterocycles. The third-order valence-corrected chi connectivity index (χ3v) is 3.27. The normalized spacial score (nSPS) is 16.3. The van der Waals surface area contributed by atoms with Gasteiger partial charge in [0.2, 0.25) is 5.43 Å². The van der Waals surface area contributed by atoms with E-state index in [9.17, 15) is 14.7 Å². The number of hydrogen-bond donors (Lipinski definition) is 2. The average Bonchev–Trinajstić information content (AvgIpc) is 2.50. The van der Waals surface area contributed by atoms with Crippen molar-refractivity contribution in [1.82, 2.24) is 4.57 Å². The van der Waals surface area contributed by atoms with Gasteiger partial charge in [0, 0.05) is 12.4 Å². The third-order valence-electron chi connectivity index (χ3n) is 3.27. The van der Waals surface area contributed by atoms with Gasteiger partial charge in [0.15, 0.2) is 23.4 Å². The van der Waals surface area contributed by atoms with Crippen LogP contribution in [0.15, 0.2) is 41.5 Å². The van der Waals surface area contributed by atoms with Gasteiger partial charge in [-0.25, -0.2) is 4.79 Å². The summed E-state index contributed by atoms with van der Waals surface area (Å²) in [4.78, 5) is 22.5. The molecule has 1 atom stereocenters. The summed E-state index contributed by atoms with van der Waals surface area (Å²) in [5.74, 6) is -0.756. The lowest BCUT2D eigenvalue weighted by atomic mass is 10.2. The van der Waals surface area contributed by atoms with Crippen LogP contribution in [0.25, 0.3) is 0 Å². The SMILES string of the molecule is O=C(O)c1cn(CC2COc3ccccc3O2)cc(O)c1=O. The van der Waals surface area contributed by atoms with E-state index in [1.807, 2.05) is 12.1 Å². The monoisotopic (exact) mass is 303 g/mol. The fourth-order valence-electron chi connectivity index (χ4n) is 2.26. The minimum absolute atomic E-state index is 0.239. The van der Waals surface area contributed by atoms with Crippen LogP contribution in [0.4, 0.5) is 0 Å². The van der Waals surface area contributed by atoms with Crippen molar-refractivity contribution in [3.05, 3.63) is 52.4 Å².